The average molecular weight is 609 g/mol. The van der Waals surface area contributed by atoms with E-state index in [0.29, 0.717) is 47.2 Å². The number of carbonyl (C=O) groups is 1. The molecule has 232 valence electrons. The van der Waals surface area contributed by atoms with Crippen LogP contribution in [0.2, 0.25) is 58.9 Å². The quantitative estimate of drug-likeness (QED) is 0.245. The predicted molar refractivity (Wildman–Crippen MR) is 175 cm³/mol. The fraction of sp³-hybridized carbons (Fsp3) is 0.970. The Morgan fingerprint density at radius 1 is 0.775 bits per heavy atom. The largest absolute Gasteiger partial charge is 0.520 e. The highest BCUT2D eigenvalue weighted by molar-refractivity contribution is 6.71. The summed E-state index contributed by atoms with van der Waals surface area (Å²) in [6.07, 6.45) is 12.8. The molecule has 3 unspecified atom stereocenters. The third-order valence-electron chi connectivity index (χ3n) is 11.6. The zero-order chi connectivity index (χ0) is 29.9. The molecule has 0 amide bonds. The average Bonchev–Trinajstić information content (AvgIpc) is 3.12. The molecular weight excluding hydrogens is 545 g/mol. The highest BCUT2D eigenvalue weighted by atomic mass is 28.4. The maximum Gasteiger partial charge on any atom is 0.292 e. The van der Waals surface area contributed by atoms with Gasteiger partial charge < -0.3 is 13.3 Å². The van der Waals surface area contributed by atoms with E-state index in [9.17, 15) is 4.79 Å². The van der Waals surface area contributed by atoms with E-state index < -0.39 is 25.0 Å². The highest BCUT2D eigenvalue weighted by Gasteiger charge is 2.63. The lowest BCUT2D eigenvalue weighted by Crippen LogP contribution is -2.60. The number of carbonyl (C=O) groups excluding carboxylic acids is 1. The Balaban J connectivity index is 1.54. The molecule has 40 heavy (non-hydrogen) atoms. The van der Waals surface area contributed by atoms with Gasteiger partial charge in [-0.3, -0.25) is 4.79 Å². The summed E-state index contributed by atoms with van der Waals surface area (Å²) in [6.45, 7) is 28.3. The second-order valence-electron chi connectivity index (χ2n) is 18.0. The molecule has 0 heterocycles. The van der Waals surface area contributed by atoms with Crippen molar-refractivity contribution < 1.29 is 18.1 Å². The Morgan fingerprint density at radius 2 is 1.38 bits per heavy atom. The molecule has 7 heteroatoms. The van der Waals surface area contributed by atoms with Crippen molar-refractivity contribution in [1.29, 1.82) is 0 Å². The Kier molecular flexibility index (Phi) is 9.48. The molecule has 4 rings (SSSR count). The Bertz CT molecular complexity index is 905. The fourth-order valence-electron chi connectivity index (χ4n) is 10.3. The van der Waals surface area contributed by atoms with E-state index in [1.807, 2.05) is 0 Å². The summed E-state index contributed by atoms with van der Waals surface area (Å²) in [4.78, 5) is 12.6. The van der Waals surface area contributed by atoms with Gasteiger partial charge in [0.25, 0.3) is 5.97 Å². The van der Waals surface area contributed by atoms with E-state index in [-0.39, 0.29) is 5.97 Å². The van der Waals surface area contributed by atoms with Crippen LogP contribution in [0.25, 0.3) is 0 Å². The molecule has 4 saturated carbocycles. The molecule has 0 N–H and O–H groups in total. The first-order valence-electron chi connectivity index (χ1n) is 16.8. The van der Waals surface area contributed by atoms with Crippen LogP contribution in [0.4, 0.5) is 0 Å². The summed E-state index contributed by atoms with van der Waals surface area (Å²) >= 11 is 0. The molecule has 4 aliphatic rings. The van der Waals surface area contributed by atoms with Gasteiger partial charge in [0.2, 0.25) is 8.32 Å². The molecule has 4 aliphatic carbocycles. The first-order valence-corrected chi connectivity index (χ1v) is 27.0. The van der Waals surface area contributed by atoms with Crippen LogP contribution in [0.1, 0.15) is 85.0 Å². The number of fused-ring (bicyclic) bond motifs is 5. The molecule has 0 saturated heterocycles. The lowest BCUT2D eigenvalue weighted by molar-refractivity contribution is -0.168. The molecule has 0 aromatic rings. The van der Waals surface area contributed by atoms with Crippen LogP contribution in [-0.4, -0.2) is 43.1 Å². The Morgan fingerprint density at radius 3 is 1.98 bits per heavy atom. The van der Waals surface area contributed by atoms with E-state index in [1.54, 1.807) is 0 Å². The SMILES string of the molecule is C[C@H](CCC(=O)O[Si](C)(C)C)[C@H]1CC[C@H]2[C@@H]3C(O[Si](C)(C)C)CC4CC(O[Si](C)(C)C)CC[C@]4(C)[C@H]3CC[C@]12C. The molecule has 0 bridgehead atoms. The lowest BCUT2D eigenvalue weighted by Gasteiger charge is -2.64. The van der Waals surface area contributed by atoms with Crippen molar-refractivity contribution >= 4 is 30.9 Å². The van der Waals surface area contributed by atoms with E-state index in [0.717, 1.165) is 24.2 Å². The summed E-state index contributed by atoms with van der Waals surface area (Å²) in [7, 11) is -5.04. The van der Waals surface area contributed by atoms with Gasteiger partial charge in [-0.2, -0.15) is 0 Å². The smallest absolute Gasteiger partial charge is 0.292 e. The standard InChI is InChI=1S/C33H64O4Si3/c1-23(13-16-30(34)37-40(10,11)12)26-14-15-27-31-28(18-20-33(26,27)3)32(2)19-17-25(35-38(4,5)6)21-24(32)22-29(31)36-39(7,8)9/h23-29,31H,13-22H2,1-12H3/t23-,24?,25?,26-,27+,28+,29?,31+,32+,33-/m1/s1. The first-order chi connectivity index (χ1) is 18.2. The van der Waals surface area contributed by atoms with Gasteiger partial charge in [0.15, 0.2) is 16.6 Å². The molecule has 0 aromatic carbocycles. The highest BCUT2D eigenvalue weighted by Crippen LogP contribution is 2.69. The third kappa shape index (κ3) is 7.22. The van der Waals surface area contributed by atoms with Crippen LogP contribution in [0.5, 0.6) is 0 Å². The third-order valence-corrected chi connectivity index (χ3v) is 14.5. The van der Waals surface area contributed by atoms with E-state index in [4.69, 9.17) is 13.3 Å². The Hall–Kier alpha value is 0.0406. The molecule has 10 atom stereocenters. The minimum absolute atomic E-state index is 0.0259. The van der Waals surface area contributed by atoms with Gasteiger partial charge in [0.05, 0.1) is 0 Å². The van der Waals surface area contributed by atoms with Gasteiger partial charge in [0, 0.05) is 18.6 Å². The molecule has 0 aliphatic heterocycles. The summed E-state index contributed by atoms with van der Waals surface area (Å²) < 4.78 is 19.7. The van der Waals surface area contributed by atoms with Crippen LogP contribution in [0.15, 0.2) is 0 Å². The second kappa shape index (κ2) is 11.5. The van der Waals surface area contributed by atoms with Crippen LogP contribution in [0.3, 0.4) is 0 Å². The van der Waals surface area contributed by atoms with Crippen molar-refractivity contribution in [2.45, 2.75) is 156 Å². The van der Waals surface area contributed by atoms with E-state index in [1.165, 1.54) is 51.4 Å². The Labute approximate surface area is 250 Å². The zero-order valence-corrected chi connectivity index (χ0v) is 31.3. The summed E-state index contributed by atoms with van der Waals surface area (Å²) in [5.74, 6) is 4.24. The number of hydrogen-bond acceptors (Lipinski definition) is 4. The molecule has 4 fully saturated rings. The van der Waals surface area contributed by atoms with Crippen LogP contribution in [-0.2, 0) is 18.1 Å². The second-order valence-corrected chi connectivity index (χ2v) is 31.3. The number of rotatable bonds is 9. The van der Waals surface area contributed by atoms with Crippen molar-refractivity contribution in [2.75, 3.05) is 0 Å². The number of hydrogen-bond donors (Lipinski definition) is 0. The first kappa shape index (κ1) is 32.9. The maximum atomic E-state index is 12.6. The van der Waals surface area contributed by atoms with Crippen molar-refractivity contribution in [3.63, 3.8) is 0 Å². The molecular formula is C33H64O4Si3. The minimum atomic E-state index is -1.82. The molecule has 0 aromatic heterocycles. The molecule has 0 spiro atoms. The molecule has 0 radical (unpaired) electrons. The van der Waals surface area contributed by atoms with Crippen LogP contribution >= 0.6 is 0 Å². The topological polar surface area (TPSA) is 44.8 Å². The maximum absolute atomic E-state index is 12.6. The van der Waals surface area contributed by atoms with E-state index >= 15 is 0 Å². The normalized spacial score (nSPS) is 41.0. The summed E-state index contributed by atoms with van der Waals surface area (Å²) in [6, 6.07) is 0. The van der Waals surface area contributed by atoms with Gasteiger partial charge in [-0.25, -0.2) is 0 Å². The van der Waals surface area contributed by atoms with Crippen molar-refractivity contribution in [3.8, 4) is 0 Å². The summed E-state index contributed by atoms with van der Waals surface area (Å²) in [5.41, 5.74) is 0.792. The van der Waals surface area contributed by atoms with Crippen LogP contribution in [0, 0.1) is 46.3 Å². The van der Waals surface area contributed by atoms with Gasteiger partial charge >= 0.3 is 0 Å². The van der Waals surface area contributed by atoms with Gasteiger partial charge in [-0.05, 0) is 163 Å². The fourth-order valence-corrected chi connectivity index (χ4v) is 13.4. The van der Waals surface area contributed by atoms with Crippen molar-refractivity contribution in [3.05, 3.63) is 0 Å². The minimum Gasteiger partial charge on any atom is -0.520 e. The zero-order valence-electron chi connectivity index (χ0n) is 28.3. The van der Waals surface area contributed by atoms with Gasteiger partial charge in [0.1, 0.15) is 0 Å². The van der Waals surface area contributed by atoms with E-state index in [2.05, 4.69) is 79.7 Å². The van der Waals surface area contributed by atoms with Crippen molar-refractivity contribution in [2.24, 2.45) is 46.3 Å². The van der Waals surface area contributed by atoms with Gasteiger partial charge in [-0.1, -0.05) is 20.8 Å². The predicted octanol–water partition coefficient (Wildman–Crippen LogP) is 9.49. The van der Waals surface area contributed by atoms with Gasteiger partial charge in [-0.15, -0.1) is 0 Å². The summed E-state index contributed by atoms with van der Waals surface area (Å²) in [5, 5.41) is 0. The molecule has 4 nitrogen and oxygen atoms in total. The monoisotopic (exact) mass is 608 g/mol. The van der Waals surface area contributed by atoms with Crippen molar-refractivity contribution in [1.82, 2.24) is 0 Å². The lowest BCUT2D eigenvalue weighted by atomic mass is 9.43. The van der Waals surface area contributed by atoms with Crippen LogP contribution < -0.4 is 0 Å².